The Bertz CT molecular complexity index is 992. The summed E-state index contributed by atoms with van der Waals surface area (Å²) < 4.78 is 2.49. The molecule has 1 N–H and O–H groups in total. The zero-order valence-electron chi connectivity index (χ0n) is 12.5. The fourth-order valence-corrected chi connectivity index (χ4v) is 2.63. The third-order valence-electron chi connectivity index (χ3n) is 3.36. The minimum Gasteiger partial charge on any atom is -0.855 e. The maximum atomic E-state index is 12.6. The van der Waals surface area contributed by atoms with Gasteiger partial charge in [0, 0.05) is 5.90 Å². The largest absolute Gasteiger partial charge is 0.855 e. The summed E-state index contributed by atoms with van der Waals surface area (Å²) in [7, 11) is 1.55. The number of aromatic amines is 1. The highest BCUT2D eigenvalue weighted by Crippen LogP contribution is 2.23. The van der Waals surface area contributed by atoms with E-state index in [1.807, 2.05) is 0 Å². The van der Waals surface area contributed by atoms with E-state index in [-0.39, 0.29) is 5.69 Å². The van der Waals surface area contributed by atoms with Crippen molar-refractivity contribution in [1.82, 2.24) is 9.90 Å². The lowest BCUT2D eigenvalue weighted by Crippen LogP contribution is -2.43. The summed E-state index contributed by atoms with van der Waals surface area (Å²) in [5.74, 6) is -0.697. The second-order valence-corrected chi connectivity index (χ2v) is 5.78. The molecule has 0 fully saturated rings. The number of halogens is 2. The fourth-order valence-electron chi connectivity index (χ4n) is 2.23. The van der Waals surface area contributed by atoms with Gasteiger partial charge >= 0.3 is 5.56 Å². The molecule has 122 valence electrons. The number of aryl methyl sites for hydroxylation is 1. The molecule has 0 aliphatic heterocycles. The molecule has 3 rings (SSSR count). The summed E-state index contributed by atoms with van der Waals surface area (Å²) in [4.78, 5) is 16.5. The molecule has 0 saturated heterocycles. The van der Waals surface area contributed by atoms with Crippen LogP contribution in [-0.2, 0) is 7.05 Å². The molecular formula is C16H12Cl2N4O2. The first-order valence-corrected chi connectivity index (χ1v) is 7.71. The first-order chi connectivity index (χ1) is 11.5. The summed E-state index contributed by atoms with van der Waals surface area (Å²) in [5.41, 5.74) is 0.0619. The summed E-state index contributed by atoms with van der Waals surface area (Å²) >= 11 is 12.1. The number of hydrogen-bond donors (Lipinski definition) is 1. The van der Waals surface area contributed by atoms with Gasteiger partial charge in [0.25, 0.3) is 0 Å². The third kappa shape index (κ3) is 2.93. The third-order valence-corrected chi connectivity index (χ3v) is 4.00. The van der Waals surface area contributed by atoms with Crippen LogP contribution >= 0.6 is 23.2 Å². The van der Waals surface area contributed by atoms with Crippen molar-refractivity contribution in [2.75, 3.05) is 0 Å². The van der Waals surface area contributed by atoms with Crippen LogP contribution in [0.1, 0.15) is 5.69 Å². The van der Waals surface area contributed by atoms with Crippen molar-refractivity contribution in [3.63, 3.8) is 0 Å². The predicted octanol–water partition coefficient (Wildman–Crippen LogP) is 1.74. The van der Waals surface area contributed by atoms with Crippen molar-refractivity contribution in [1.29, 1.82) is 0 Å². The van der Waals surface area contributed by atoms with Crippen molar-refractivity contribution in [3.05, 3.63) is 74.6 Å². The Labute approximate surface area is 147 Å². The monoisotopic (exact) mass is 362 g/mol. The van der Waals surface area contributed by atoms with Crippen LogP contribution in [0.4, 0.5) is 5.69 Å². The highest BCUT2D eigenvalue weighted by molar-refractivity contribution is 6.33. The smallest absolute Gasteiger partial charge is 0.406 e. The summed E-state index contributed by atoms with van der Waals surface area (Å²) in [6, 6.07) is 13.5. The first-order valence-electron chi connectivity index (χ1n) is 6.95. The lowest BCUT2D eigenvalue weighted by atomic mass is 10.3. The van der Waals surface area contributed by atoms with Crippen LogP contribution in [0.3, 0.4) is 0 Å². The van der Waals surface area contributed by atoms with Gasteiger partial charge in [-0.15, -0.1) is 0 Å². The number of nitrogens with one attached hydrogen (secondary N) is 1. The van der Waals surface area contributed by atoms with E-state index in [1.165, 1.54) is 9.36 Å². The van der Waals surface area contributed by atoms with Crippen LogP contribution in [0.2, 0.25) is 10.0 Å². The lowest BCUT2D eigenvalue weighted by molar-refractivity contribution is -0.734. The van der Waals surface area contributed by atoms with Crippen LogP contribution < -0.4 is 15.3 Å². The van der Waals surface area contributed by atoms with Gasteiger partial charge in [-0.1, -0.05) is 57.4 Å². The van der Waals surface area contributed by atoms with Gasteiger partial charge in [0.05, 0.1) is 15.7 Å². The van der Waals surface area contributed by atoms with Gasteiger partial charge in [0.15, 0.2) is 5.69 Å². The van der Waals surface area contributed by atoms with Crippen molar-refractivity contribution < 1.29 is 9.79 Å². The Hall–Kier alpha value is -2.57. The number of aromatic nitrogens is 3. The van der Waals surface area contributed by atoms with Crippen molar-refractivity contribution in [3.8, 4) is 5.69 Å². The molecule has 24 heavy (non-hydrogen) atoms. The van der Waals surface area contributed by atoms with E-state index in [9.17, 15) is 9.90 Å². The average molecular weight is 363 g/mol. The normalized spacial score (nSPS) is 11.7. The molecule has 0 spiro atoms. The molecular weight excluding hydrogens is 351 g/mol. The molecule has 0 amide bonds. The van der Waals surface area contributed by atoms with Crippen molar-refractivity contribution in [2.24, 2.45) is 12.0 Å². The van der Waals surface area contributed by atoms with E-state index in [2.05, 4.69) is 10.2 Å². The standard InChI is InChI=1S/C16H12Cl2N4O2/c1-21-14(15(23)19-12-8-4-2-6-10(12)17)16(24)22(20-21)13-9-5-3-7-11(13)18/h2-9H,1H3,(H-,19,20,23,24). The van der Waals surface area contributed by atoms with Crippen LogP contribution in [0, 0.1) is 0 Å². The van der Waals surface area contributed by atoms with Crippen LogP contribution in [-0.4, -0.2) is 15.8 Å². The zero-order valence-corrected chi connectivity index (χ0v) is 14.0. The molecule has 0 saturated carbocycles. The molecule has 0 aliphatic carbocycles. The van der Waals surface area contributed by atoms with Crippen molar-refractivity contribution >= 4 is 34.8 Å². The highest BCUT2D eigenvalue weighted by atomic mass is 35.5. The summed E-state index contributed by atoms with van der Waals surface area (Å²) in [6.07, 6.45) is 0. The zero-order chi connectivity index (χ0) is 17.3. The number of hydrogen-bond acceptors (Lipinski definition) is 3. The molecule has 8 heteroatoms. The van der Waals surface area contributed by atoms with Crippen LogP contribution in [0.15, 0.2) is 58.3 Å². The number of rotatable bonds is 3. The predicted molar refractivity (Wildman–Crippen MR) is 90.2 cm³/mol. The quantitative estimate of drug-likeness (QED) is 0.437. The average Bonchev–Trinajstić information content (AvgIpc) is 2.85. The van der Waals surface area contributed by atoms with Gasteiger partial charge in [0.2, 0.25) is 5.69 Å². The Morgan fingerprint density at radius 3 is 2.42 bits per heavy atom. The van der Waals surface area contributed by atoms with E-state index in [4.69, 9.17) is 23.2 Å². The Kier molecular flexibility index (Phi) is 4.42. The molecule has 0 aliphatic rings. The molecule has 6 nitrogen and oxygen atoms in total. The molecule has 1 heterocycles. The summed E-state index contributed by atoms with van der Waals surface area (Å²) in [6.45, 7) is 0. The molecule has 2 aromatic carbocycles. The molecule has 1 aromatic heterocycles. The topological polar surface area (TPSA) is 77.1 Å². The summed E-state index contributed by atoms with van der Waals surface area (Å²) in [5, 5.41) is 15.9. The number of aliphatic imine (C=N–C) groups is 1. The Morgan fingerprint density at radius 2 is 1.75 bits per heavy atom. The SMILES string of the molecule is C[n+]1[nH]n(-c2ccccc2Cl)c(=O)c1C([O-])=Nc1ccccc1Cl. The van der Waals surface area contributed by atoms with Crippen LogP contribution in [0.5, 0.6) is 0 Å². The van der Waals surface area contributed by atoms with E-state index in [0.29, 0.717) is 21.4 Å². The van der Waals surface area contributed by atoms with Crippen molar-refractivity contribution in [2.45, 2.75) is 0 Å². The fraction of sp³-hybridized carbons (Fsp3) is 0.0625. The number of nitrogens with zero attached hydrogens (tertiary/aromatic N) is 3. The molecule has 0 unspecified atom stereocenters. The van der Waals surface area contributed by atoms with E-state index >= 15 is 0 Å². The molecule has 0 bridgehead atoms. The second kappa shape index (κ2) is 6.51. The maximum absolute atomic E-state index is 12.6. The van der Waals surface area contributed by atoms with E-state index < -0.39 is 11.5 Å². The minimum absolute atomic E-state index is 0.130. The van der Waals surface area contributed by atoms with Gasteiger partial charge < -0.3 is 5.11 Å². The number of H-pyrrole nitrogens is 1. The number of benzene rings is 2. The minimum atomic E-state index is -0.697. The number of para-hydroxylation sites is 2. The Morgan fingerprint density at radius 1 is 1.12 bits per heavy atom. The molecule has 3 aromatic rings. The molecule has 0 radical (unpaired) electrons. The van der Waals surface area contributed by atoms with Crippen LogP contribution in [0.25, 0.3) is 5.69 Å². The second-order valence-electron chi connectivity index (χ2n) is 4.97. The maximum Gasteiger partial charge on any atom is 0.406 e. The van der Waals surface area contributed by atoms with Gasteiger partial charge in [0.1, 0.15) is 7.05 Å². The Balaban J connectivity index is 2.12. The van der Waals surface area contributed by atoms with Gasteiger partial charge in [-0.2, -0.15) is 4.68 Å². The highest BCUT2D eigenvalue weighted by Gasteiger charge is 2.22. The van der Waals surface area contributed by atoms with Gasteiger partial charge in [-0.05, 0) is 24.3 Å². The first kappa shape index (κ1) is 16.3. The van der Waals surface area contributed by atoms with Gasteiger partial charge in [-0.3, -0.25) is 4.99 Å². The molecule has 0 atom stereocenters. The lowest BCUT2D eigenvalue weighted by Gasteiger charge is -2.06. The van der Waals surface area contributed by atoms with E-state index in [0.717, 1.165) is 0 Å². The van der Waals surface area contributed by atoms with E-state index in [1.54, 1.807) is 55.6 Å². The van der Waals surface area contributed by atoms with Gasteiger partial charge in [-0.25, -0.2) is 4.79 Å².